The van der Waals surface area contributed by atoms with Crippen molar-refractivity contribution >= 4 is 21.8 Å². The van der Waals surface area contributed by atoms with E-state index >= 15 is 0 Å². The van der Waals surface area contributed by atoms with E-state index in [1.54, 1.807) is 0 Å². The van der Waals surface area contributed by atoms with Gasteiger partial charge in [0.2, 0.25) is 5.69 Å². The summed E-state index contributed by atoms with van der Waals surface area (Å²) in [5, 5.41) is 2.54. The molecule has 0 radical (unpaired) electrons. The summed E-state index contributed by atoms with van der Waals surface area (Å²) in [6.45, 7) is 0. The highest BCUT2D eigenvalue weighted by atomic mass is 14.9. The monoisotopic (exact) mass is 245 g/mol. The van der Waals surface area contributed by atoms with Gasteiger partial charge in [-0.15, -0.1) is 0 Å². The number of nitrogens with one attached hydrogen (secondary N) is 1. The maximum absolute atomic E-state index is 3.45. The van der Waals surface area contributed by atoms with Gasteiger partial charge in [0.05, 0.1) is 0 Å². The summed E-state index contributed by atoms with van der Waals surface area (Å²) >= 11 is 0. The molecule has 2 aromatic carbocycles. The van der Waals surface area contributed by atoms with Crippen molar-refractivity contribution in [2.45, 2.75) is 0 Å². The van der Waals surface area contributed by atoms with Crippen LogP contribution in [0.3, 0.4) is 0 Å². The first kappa shape index (κ1) is 10.3. The van der Waals surface area contributed by atoms with Gasteiger partial charge in [0.1, 0.15) is 0 Å². The molecule has 4 aromatic rings. The predicted molar refractivity (Wildman–Crippen MR) is 77.3 cm³/mol. The van der Waals surface area contributed by atoms with Gasteiger partial charge >= 0.3 is 0 Å². The molecule has 0 spiro atoms. The summed E-state index contributed by atoms with van der Waals surface area (Å²) in [5.41, 5.74) is 3.55. The van der Waals surface area contributed by atoms with E-state index in [1.807, 2.05) is 18.2 Å². The van der Waals surface area contributed by atoms with Crippen LogP contribution >= 0.6 is 0 Å². The van der Waals surface area contributed by atoms with Gasteiger partial charge in [-0.2, -0.15) is 4.57 Å². The number of aromatic nitrogens is 2. The van der Waals surface area contributed by atoms with Crippen molar-refractivity contribution in [3.05, 3.63) is 73.1 Å². The lowest BCUT2D eigenvalue weighted by Gasteiger charge is -1.96. The topological polar surface area (TPSA) is 19.7 Å². The zero-order valence-corrected chi connectivity index (χ0v) is 10.4. The molecule has 0 saturated heterocycles. The summed E-state index contributed by atoms with van der Waals surface area (Å²) < 4.78 is 2.13. The number of para-hydroxylation sites is 1. The summed E-state index contributed by atoms with van der Waals surface area (Å²) in [7, 11) is 0. The van der Waals surface area contributed by atoms with Crippen LogP contribution in [0.15, 0.2) is 73.1 Å². The normalized spacial score (nSPS) is 11.2. The van der Waals surface area contributed by atoms with Gasteiger partial charge in [0.25, 0.3) is 0 Å². The average molecular weight is 245 g/mol. The standard InChI is InChI=1S/C17H13N2/c1-4-10-19(11-5-1)13-8-9-17-15(12-13)14-6-2-3-7-16(14)18-17/h1-12,18H/q+1. The molecule has 0 aliphatic carbocycles. The number of hydrogen-bond donors (Lipinski definition) is 1. The molecule has 19 heavy (non-hydrogen) atoms. The van der Waals surface area contributed by atoms with E-state index in [1.165, 1.54) is 27.5 Å². The van der Waals surface area contributed by atoms with Gasteiger partial charge < -0.3 is 4.98 Å². The second kappa shape index (κ2) is 3.95. The van der Waals surface area contributed by atoms with E-state index in [0.717, 1.165) is 0 Å². The Morgan fingerprint density at radius 2 is 1.47 bits per heavy atom. The van der Waals surface area contributed by atoms with Crippen LogP contribution in [0.25, 0.3) is 27.5 Å². The van der Waals surface area contributed by atoms with Crippen molar-refractivity contribution in [1.82, 2.24) is 4.98 Å². The number of nitrogens with zero attached hydrogens (tertiary/aromatic N) is 1. The third-order valence-electron chi connectivity index (χ3n) is 3.50. The van der Waals surface area contributed by atoms with Crippen LogP contribution in [0, 0.1) is 0 Å². The van der Waals surface area contributed by atoms with Crippen molar-refractivity contribution in [3.63, 3.8) is 0 Å². The highest BCUT2D eigenvalue weighted by Gasteiger charge is 2.09. The molecule has 0 amide bonds. The molecule has 4 rings (SSSR count). The summed E-state index contributed by atoms with van der Waals surface area (Å²) in [4.78, 5) is 3.45. The minimum Gasteiger partial charge on any atom is -0.355 e. The molecule has 0 aliphatic rings. The lowest BCUT2D eigenvalue weighted by Crippen LogP contribution is -2.28. The van der Waals surface area contributed by atoms with E-state index < -0.39 is 0 Å². The molecule has 1 N–H and O–H groups in total. The number of fused-ring (bicyclic) bond motifs is 3. The highest BCUT2D eigenvalue weighted by Crippen LogP contribution is 2.25. The lowest BCUT2D eigenvalue weighted by molar-refractivity contribution is -0.595. The van der Waals surface area contributed by atoms with Gasteiger partial charge in [0, 0.05) is 46.1 Å². The van der Waals surface area contributed by atoms with Crippen LogP contribution in [0.1, 0.15) is 0 Å². The van der Waals surface area contributed by atoms with Crippen LogP contribution in [-0.2, 0) is 0 Å². The maximum Gasteiger partial charge on any atom is 0.211 e. The second-order valence-electron chi connectivity index (χ2n) is 4.68. The first-order valence-electron chi connectivity index (χ1n) is 6.39. The Morgan fingerprint density at radius 1 is 0.684 bits per heavy atom. The van der Waals surface area contributed by atoms with Gasteiger partial charge in [-0.05, 0) is 12.1 Å². The minimum absolute atomic E-state index is 1.18. The van der Waals surface area contributed by atoms with Crippen LogP contribution in [0.4, 0.5) is 0 Å². The molecule has 0 saturated carbocycles. The lowest BCUT2D eigenvalue weighted by atomic mass is 10.1. The molecule has 0 unspecified atom stereocenters. The Bertz CT molecular complexity index is 860. The SMILES string of the molecule is c1cc[n+](-c2ccc3[nH]c4ccccc4c3c2)cc1. The number of H-pyrrole nitrogens is 1. The summed E-state index contributed by atoms with van der Waals surface area (Å²) in [6.07, 6.45) is 4.13. The van der Waals surface area contributed by atoms with Crippen LogP contribution in [0.5, 0.6) is 0 Å². The number of benzene rings is 2. The minimum atomic E-state index is 1.18. The van der Waals surface area contributed by atoms with Crippen molar-refractivity contribution < 1.29 is 4.57 Å². The van der Waals surface area contributed by atoms with Crippen molar-refractivity contribution in [3.8, 4) is 5.69 Å². The van der Waals surface area contributed by atoms with Crippen molar-refractivity contribution in [2.75, 3.05) is 0 Å². The summed E-state index contributed by atoms with van der Waals surface area (Å²) in [6, 6.07) is 21.0. The molecule has 2 heterocycles. The molecule has 0 atom stereocenters. The fourth-order valence-electron chi connectivity index (χ4n) is 2.57. The Balaban J connectivity index is 2.03. The molecular weight excluding hydrogens is 232 g/mol. The fraction of sp³-hybridized carbons (Fsp3) is 0. The van der Waals surface area contributed by atoms with E-state index in [0.29, 0.717) is 0 Å². The second-order valence-corrected chi connectivity index (χ2v) is 4.68. The number of rotatable bonds is 1. The Morgan fingerprint density at radius 3 is 2.37 bits per heavy atom. The number of hydrogen-bond acceptors (Lipinski definition) is 0. The molecule has 0 aliphatic heterocycles. The molecular formula is C17H13N2+. The molecule has 2 aromatic heterocycles. The Labute approximate surface area is 110 Å². The quantitative estimate of drug-likeness (QED) is 0.494. The Hall–Kier alpha value is -2.61. The average Bonchev–Trinajstić information content (AvgIpc) is 2.86. The van der Waals surface area contributed by atoms with Gasteiger partial charge in [0.15, 0.2) is 12.4 Å². The molecule has 2 heteroatoms. The first-order chi connectivity index (χ1) is 9.42. The number of aromatic amines is 1. The van der Waals surface area contributed by atoms with Crippen LogP contribution < -0.4 is 4.57 Å². The van der Waals surface area contributed by atoms with E-state index in [4.69, 9.17) is 0 Å². The van der Waals surface area contributed by atoms with E-state index in [2.05, 4.69) is 64.4 Å². The summed E-state index contributed by atoms with van der Waals surface area (Å²) in [5.74, 6) is 0. The van der Waals surface area contributed by atoms with E-state index in [-0.39, 0.29) is 0 Å². The maximum atomic E-state index is 3.45. The Kier molecular flexibility index (Phi) is 2.15. The largest absolute Gasteiger partial charge is 0.355 e. The molecule has 90 valence electrons. The third kappa shape index (κ3) is 1.61. The van der Waals surface area contributed by atoms with Gasteiger partial charge in [-0.25, -0.2) is 0 Å². The number of pyridine rings is 1. The zero-order chi connectivity index (χ0) is 12.7. The fourth-order valence-corrected chi connectivity index (χ4v) is 2.57. The van der Waals surface area contributed by atoms with E-state index in [9.17, 15) is 0 Å². The van der Waals surface area contributed by atoms with Gasteiger partial charge in [-0.1, -0.05) is 24.3 Å². The first-order valence-corrected chi connectivity index (χ1v) is 6.39. The molecule has 2 nitrogen and oxygen atoms in total. The third-order valence-corrected chi connectivity index (χ3v) is 3.50. The smallest absolute Gasteiger partial charge is 0.211 e. The predicted octanol–water partition coefficient (Wildman–Crippen LogP) is 3.60. The van der Waals surface area contributed by atoms with Crippen molar-refractivity contribution in [2.24, 2.45) is 0 Å². The molecule has 0 fully saturated rings. The van der Waals surface area contributed by atoms with Crippen LogP contribution in [-0.4, -0.2) is 4.98 Å². The van der Waals surface area contributed by atoms with Gasteiger partial charge in [-0.3, -0.25) is 0 Å². The van der Waals surface area contributed by atoms with Crippen molar-refractivity contribution in [1.29, 1.82) is 0 Å². The highest BCUT2D eigenvalue weighted by molar-refractivity contribution is 6.07. The van der Waals surface area contributed by atoms with Crippen LogP contribution in [0.2, 0.25) is 0 Å². The molecule has 0 bridgehead atoms. The zero-order valence-electron chi connectivity index (χ0n) is 10.4.